The van der Waals surface area contributed by atoms with Crippen LogP contribution >= 0.6 is 0 Å². The largest absolute Gasteiger partial charge is 0.377 e. The summed E-state index contributed by atoms with van der Waals surface area (Å²) in [5.74, 6) is 0.0887. The van der Waals surface area contributed by atoms with E-state index < -0.39 is 0 Å². The lowest BCUT2D eigenvalue weighted by atomic mass is 9.86. The fourth-order valence-electron chi connectivity index (χ4n) is 4.20. The number of likely N-dealkylation sites (tertiary alicyclic amines) is 1. The van der Waals surface area contributed by atoms with Crippen LogP contribution < -0.4 is 5.48 Å². The van der Waals surface area contributed by atoms with Crippen LogP contribution in [0.3, 0.4) is 0 Å². The Morgan fingerprint density at radius 2 is 1.68 bits per heavy atom. The van der Waals surface area contributed by atoms with E-state index >= 15 is 0 Å². The molecule has 2 aromatic carbocycles. The van der Waals surface area contributed by atoms with Crippen molar-refractivity contribution in [2.45, 2.75) is 51.6 Å². The molecule has 4 nitrogen and oxygen atoms in total. The van der Waals surface area contributed by atoms with Gasteiger partial charge in [0.25, 0.3) is 0 Å². The van der Waals surface area contributed by atoms with Gasteiger partial charge < -0.3 is 4.90 Å². The number of nitrogens with zero attached hydrogens (tertiary/aromatic N) is 1. The van der Waals surface area contributed by atoms with Crippen molar-refractivity contribution in [3.8, 4) is 0 Å². The van der Waals surface area contributed by atoms with Crippen molar-refractivity contribution >= 4 is 11.5 Å². The van der Waals surface area contributed by atoms with E-state index in [-0.39, 0.29) is 16.8 Å². The van der Waals surface area contributed by atoms with Crippen molar-refractivity contribution in [3.63, 3.8) is 0 Å². The molecular formula is C27H32N2O2. The molecule has 2 heterocycles. The van der Waals surface area contributed by atoms with Gasteiger partial charge in [0.2, 0.25) is 0 Å². The van der Waals surface area contributed by atoms with Crippen molar-refractivity contribution in [1.82, 2.24) is 10.4 Å². The average molecular weight is 417 g/mol. The van der Waals surface area contributed by atoms with Crippen molar-refractivity contribution in [2.75, 3.05) is 13.1 Å². The molecule has 4 heteroatoms. The van der Waals surface area contributed by atoms with Gasteiger partial charge in [0.05, 0.1) is 5.70 Å². The van der Waals surface area contributed by atoms with E-state index in [0.717, 1.165) is 48.3 Å². The average Bonchev–Trinajstić information content (AvgIpc) is 3.19. The molecular weight excluding hydrogens is 384 g/mol. The van der Waals surface area contributed by atoms with Crippen molar-refractivity contribution in [1.29, 1.82) is 0 Å². The maximum absolute atomic E-state index is 12.9. The number of piperidine rings is 1. The van der Waals surface area contributed by atoms with Crippen LogP contribution in [0.15, 0.2) is 72.4 Å². The Labute approximate surface area is 185 Å². The number of benzene rings is 2. The third-order valence-corrected chi connectivity index (χ3v) is 6.25. The van der Waals surface area contributed by atoms with Crippen molar-refractivity contribution in [2.24, 2.45) is 0 Å². The molecule has 1 fully saturated rings. The molecule has 1 saturated heterocycles. The molecule has 0 amide bonds. The van der Waals surface area contributed by atoms with Crippen LogP contribution in [0.2, 0.25) is 0 Å². The van der Waals surface area contributed by atoms with Crippen LogP contribution in [-0.4, -0.2) is 29.4 Å². The molecule has 4 rings (SSSR count). The molecule has 162 valence electrons. The Morgan fingerprint density at radius 3 is 2.29 bits per heavy atom. The quantitative estimate of drug-likeness (QED) is 0.529. The van der Waals surface area contributed by atoms with Crippen LogP contribution in [0.5, 0.6) is 0 Å². The van der Waals surface area contributed by atoms with E-state index in [1.54, 1.807) is 0 Å². The zero-order valence-electron chi connectivity index (χ0n) is 18.9. The van der Waals surface area contributed by atoms with E-state index in [4.69, 9.17) is 4.84 Å². The Bertz CT molecular complexity index is 990. The highest BCUT2D eigenvalue weighted by molar-refractivity contribution is 6.08. The lowest BCUT2D eigenvalue weighted by Crippen LogP contribution is -2.42. The summed E-state index contributed by atoms with van der Waals surface area (Å²) < 4.78 is 0. The zero-order valence-corrected chi connectivity index (χ0v) is 18.9. The molecule has 0 aromatic heterocycles. The van der Waals surface area contributed by atoms with Gasteiger partial charge in [-0.2, -0.15) is 0 Å². The molecule has 31 heavy (non-hydrogen) atoms. The molecule has 0 unspecified atom stereocenters. The number of hydrogen-bond donors (Lipinski definition) is 1. The number of carbonyl (C=O) groups excluding carboxylic acids is 1. The summed E-state index contributed by atoms with van der Waals surface area (Å²) in [5.41, 5.74) is 7.86. The molecule has 1 N–H and O–H groups in total. The van der Waals surface area contributed by atoms with Crippen molar-refractivity contribution < 1.29 is 9.63 Å². The van der Waals surface area contributed by atoms with E-state index in [1.165, 1.54) is 5.56 Å². The topological polar surface area (TPSA) is 41.6 Å². The number of carbonyl (C=O) groups is 1. The van der Waals surface area contributed by atoms with Gasteiger partial charge in [-0.3, -0.25) is 15.1 Å². The predicted molar refractivity (Wildman–Crippen MR) is 125 cm³/mol. The van der Waals surface area contributed by atoms with E-state index in [2.05, 4.69) is 61.5 Å². The molecule has 1 spiro atoms. The fourth-order valence-corrected chi connectivity index (χ4v) is 4.20. The normalized spacial score (nSPS) is 18.6. The third kappa shape index (κ3) is 4.75. The van der Waals surface area contributed by atoms with Gasteiger partial charge in [-0.25, -0.2) is 0 Å². The molecule has 0 radical (unpaired) electrons. The Balaban J connectivity index is 1.39. The zero-order chi connectivity index (χ0) is 22.1. The number of hydrogen-bond acceptors (Lipinski definition) is 4. The standard InChI is InChI=1S/C27H32N2O2/c1-20(25(30)22-10-12-23(13-11-22)26(2,3)4)19-29-16-14-27(15-17-29)18-24(28-31-27)21-8-6-5-7-9-21/h5-13,18-19,28H,14-17H2,1-4H3. The van der Waals surface area contributed by atoms with Crippen LogP contribution in [-0.2, 0) is 10.3 Å². The molecule has 2 aliphatic heterocycles. The van der Waals surface area contributed by atoms with Gasteiger partial charge in [-0.15, -0.1) is 0 Å². The Kier molecular flexibility index (Phi) is 5.76. The second kappa shape index (κ2) is 8.35. The van der Waals surface area contributed by atoms with Crippen molar-refractivity contribution in [3.05, 3.63) is 89.1 Å². The van der Waals surface area contributed by atoms with Crippen LogP contribution in [0.1, 0.15) is 62.0 Å². The molecule has 0 saturated carbocycles. The Morgan fingerprint density at radius 1 is 1.03 bits per heavy atom. The molecule has 2 aliphatic rings. The number of allylic oxidation sites excluding steroid dienone is 1. The molecule has 0 atom stereocenters. The van der Waals surface area contributed by atoms with Crippen LogP contribution in [0.4, 0.5) is 0 Å². The summed E-state index contributed by atoms with van der Waals surface area (Å²) in [7, 11) is 0. The first kappa shape index (κ1) is 21.4. The number of hydroxylamine groups is 1. The summed E-state index contributed by atoms with van der Waals surface area (Å²) >= 11 is 0. The van der Waals surface area contributed by atoms with Gasteiger partial charge in [0, 0.05) is 43.3 Å². The highest BCUT2D eigenvalue weighted by Gasteiger charge is 2.38. The minimum absolute atomic E-state index is 0.0855. The number of ketones is 1. The molecule has 0 aliphatic carbocycles. The number of rotatable bonds is 4. The number of nitrogens with one attached hydrogen (secondary N) is 1. The van der Waals surface area contributed by atoms with E-state index in [1.807, 2.05) is 43.5 Å². The lowest BCUT2D eigenvalue weighted by Gasteiger charge is -2.36. The van der Waals surface area contributed by atoms with Crippen LogP contribution in [0, 0.1) is 0 Å². The van der Waals surface area contributed by atoms with Gasteiger partial charge in [-0.05, 0) is 29.5 Å². The summed E-state index contributed by atoms with van der Waals surface area (Å²) in [6.07, 6.45) is 6.00. The van der Waals surface area contributed by atoms with Gasteiger partial charge in [-0.1, -0.05) is 75.4 Å². The number of Topliss-reactive ketones (excluding diaryl/α,β-unsaturated/α-hetero) is 1. The minimum Gasteiger partial charge on any atom is -0.377 e. The first-order chi connectivity index (χ1) is 14.8. The molecule has 2 aromatic rings. The highest BCUT2D eigenvalue weighted by atomic mass is 16.7. The first-order valence-corrected chi connectivity index (χ1v) is 11.1. The maximum atomic E-state index is 12.9. The smallest absolute Gasteiger partial charge is 0.190 e. The molecule has 0 bridgehead atoms. The van der Waals surface area contributed by atoms with Gasteiger partial charge in [0.15, 0.2) is 5.78 Å². The van der Waals surface area contributed by atoms with E-state index in [9.17, 15) is 4.79 Å². The summed E-state index contributed by atoms with van der Waals surface area (Å²) in [6.45, 7) is 10.2. The maximum Gasteiger partial charge on any atom is 0.190 e. The van der Waals surface area contributed by atoms with E-state index in [0.29, 0.717) is 0 Å². The minimum atomic E-state index is -0.268. The Hall–Kier alpha value is -2.85. The first-order valence-electron chi connectivity index (χ1n) is 11.1. The third-order valence-electron chi connectivity index (χ3n) is 6.25. The summed E-state index contributed by atoms with van der Waals surface area (Å²) in [6, 6.07) is 18.3. The highest BCUT2D eigenvalue weighted by Crippen LogP contribution is 2.35. The lowest BCUT2D eigenvalue weighted by molar-refractivity contribution is -0.0640. The summed E-state index contributed by atoms with van der Waals surface area (Å²) in [5, 5.41) is 0. The second-order valence-corrected chi connectivity index (χ2v) is 9.70. The summed E-state index contributed by atoms with van der Waals surface area (Å²) in [4.78, 5) is 21.1. The second-order valence-electron chi connectivity index (χ2n) is 9.70. The van der Waals surface area contributed by atoms with Gasteiger partial charge >= 0.3 is 0 Å². The van der Waals surface area contributed by atoms with Crippen LogP contribution in [0.25, 0.3) is 5.70 Å². The van der Waals surface area contributed by atoms with Gasteiger partial charge in [0.1, 0.15) is 5.60 Å². The monoisotopic (exact) mass is 416 g/mol. The SMILES string of the molecule is CC(=CN1CCC2(C=C(c3ccccc3)NO2)CC1)C(=O)c1ccc(C(C)(C)C)cc1. The predicted octanol–water partition coefficient (Wildman–Crippen LogP) is 5.48. The fraction of sp³-hybridized carbons (Fsp3) is 0.370.